The number of nitrogens with one attached hydrogen (secondary N) is 2. The van der Waals surface area contributed by atoms with Gasteiger partial charge >= 0.3 is 0 Å². The molecule has 0 spiro atoms. The van der Waals surface area contributed by atoms with Crippen molar-refractivity contribution in [3.05, 3.63) is 45.2 Å². The minimum absolute atomic E-state index is 0.0643. The minimum Gasteiger partial charge on any atom is -0.383 e. The number of rotatable bonds is 8. The highest BCUT2D eigenvalue weighted by atomic mass is 32.1. The van der Waals surface area contributed by atoms with Gasteiger partial charge in [0.25, 0.3) is 5.56 Å². The minimum atomic E-state index is -0.0643. The molecule has 3 rings (SSSR count). The van der Waals surface area contributed by atoms with Crippen LogP contribution < -0.4 is 10.9 Å². The Bertz CT molecular complexity index is 924. The predicted octanol–water partition coefficient (Wildman–Crippen LogP) is 1.80. The molecule has 1 aromatic heterocycles. The Balaban J connectivity index is 1.79. The normalized spacial score (nSPS) is 14.8. The number of aromatic amines is 1. The maximum atomic E-state index is 12.8. The predicted molar refractivity (Wildman–Crippen MR) is 124 cm³/mol. The van der Waals surface area contributed by atoms with Crippen LogP contribution in [-0.4, -0.2) is 79.6 Å². The van der Waals surface area contributed by atoms with E-state index in [9.17, 15) is 4.79 Å². The van der Waals surface area contributed by atoms with Gasteiger partial charge in [-0.1, -0.05) is 11.6 Å². The molecule has 2 N–H and O–H groups in total. The van der Waals surface area contributed by atoms with Gasteiger partial charge in [-0.3, -0.25) is 9.69 Å². The van der Waals surface area contributed by atoms with E-state index in [0.29, 0.717) is 30.4 Å². The van der Waals surface area contributed by atoms with E-state index in [1.807, 2.05) is 13.0 Å². The number of aryl methyl sites for hydroxylation is 2. The summed E-state index contributed by atoms with van der Waals surface area (Å²) in [6.45, 7) is 10.8. The highest BCUT2D eigenvalue weighted by molar-refractivity contribution is 7.80. The second-order valence-electron chi connectivity index (χ2n) is 7.77. The molecule has 0 bridgehead atoms. The van der Waals surface area contributed by atoms with Crippen LogP contribution >= 0.6 is 12.2 Å². The summed E-state index contributed by atoms with van der Waals surface area (Å²) in [5, 5.41) is 4.93. The number of hydrogen-bond acceptors (Lipinski definition) is 5. The molecule has 0 unspecified atom stereocenters. The number of H-pyrrole nitrogens is 1. The Morgan fingerprint density at radius 1 is 1.30 bits per heavy atom. The van der Waals surface area contributed by atoms with E-state index in [-0.39, 0.29) is 5.56 Å². The molecule has 1 aliphatic heterocycles. The van der Waals surface area contributed by atoms with Crippen LogP contribution in [0.1, 0.15) is 16.7 Å². The van der Waals surface area contributed by atoms with Gasteiger partial charge in [-0.2, -0.15) is 0 Å². The van der Waals surface area contributed by atoms with Crippen molar-refractivity contribution in [2.45, 2.75) is 20.4 Å². The maximum absolute atomic E-state index is 12.8. The number of morpholine rings is 1. The molecule has 1 aromatic carbocycles. The van der Waals surface area contributed by atoms with Crippen LogP contribution in [-0.2, 0) is 16.0 Å². The van der Waals surface area contributed by atoms with Crippen molar-refractivity contribution >= 4 is 28.2 Å². The zero-order valence-corrected chi connectivity index (χ0v) is 18.9. The van der Waals surface area contributed by atoms with Gasteiger partial charge in [-0.25, -0.2) is 0 Å². The average molecular weight is 433 g/mol. The number of nitrogens with zero attached hydrogens (tertiary/aromatic N) is 2. The van der Waals surface area contributed by atoms with Gasteiger partial charge < -0.3 is 24.7 Å². The van der Waals surface area contributed by atoms with Crippen molar-refractivity contribution in [2.75, 3.05) is 59.7 Å². The van der Waals surface area contributed by atoms with Crippen molar-refractivity contribution in [3.8, 4) is 0 Å². The van der Waals surface area contributed by atoms with Crippen LogP contribution in [0.5, 0.6) is 0 Å². The van der Waals surface area contributed by atoms with Crippen LogP contribution in [0.2, 0.25) is 0 Å². The number of aromatic nitrogens is 1. The number of pyridine rings is 1. The summed E-state index contributed by atoms with van der Waals surface area (Å²) < 4.78 is 10.6. The summed E-state index contributed by atoms with van der Waals surface area (Å²) in [7, 11) is 1.67. The number of ether oxygens (including phenoxy) is 2. The standard InChI is InChI=1S/C22H32N4O3S/c1-16-12-17(2)20-18(13-16)14-19(21(27)24-20)15-26(22(30)23-4-9-28-3)6-5-25-7-10-29-11-8-25/h12-14H,4-11,15H2,1-3H3,(H,23,30)(H,24,27). The summed E-state index contributed by atoms with van der Waals surface area (Å²) in [5.41, 5.74) is 3.81. The number of hydrogen-bond donors (Lipinski definition) is 2. The molecule has 7 nitrogen and oxygen atoms in total. The Hall–Kier alpha value is -2.00. The fourth-order valence-electron chi connectivity index (χ4n) is 3.77. The van der Waals surface area contributed by atoms with Gasteiger partial charge in [-0.05, 0) is 49.1 Å². The fraction of sp³-hybridized carbons (Fsp3) is 0.545. The summed E-state index contributed by atoms with van der Waals surface area (Å²) >= 11 is 5.64. The molecular weight excluding hydrogens is 400 g/mol. The first-order chi connectivity index (χ1) is 14.5. The van der Waals surface area contributed by atoms with Gasteiger partial charge in [0.15, 0.2) is 5.11 Å². The maximum Gasteiger partial charge on any atom is 0.253 e. The van der Waals surface area contributed by atoms with Crippen LogP contribution in [0.15, 0.2) is 23.0 Å². The van der Waals surface area contributed by atoms with E-state index in [2.05, 4.69) is 39.2 Å². The van der Waals surface area contributed by atoms with Gasteiger partial charge in [0.2, 0.25) is 0 Å². The van der Waals surface area contributed by atoms with Crippen LogP contribution in [0.3, 0.4) is 0 Å². The third kappa shape index (κ3) is 6.01. The first-order valence-electron chi connectivity index (χ1n) is 10.4. The number of fused-ring (bicyclic) bond motifs is 1. The molecule has 0 radical (unpaired) electrons. The summed E-state index contributed by atoms with van der Waals surface area (Å²) in [6.07, 6.45) is 0. The van der Waals surface area contributed by atoms with Crippen LogP contribution in [0, 0.1) is 13.8 Å². The third-order valence-corrected chi connectivity index (χ3v) is 5.79. The molecule has 30 heavy (non-hydrogen) atoms. The molecule has 2 aromatic rings. The Kier molecular flexibility index (Phi) is 8.21. The second-order valence-corrected chi connectivity index (χ2v) is 8.16. The fourth-order valence-corrected chi connectivity index (χ4v) is 4.02. The van der Waals surface area contributed by atoms with Gasteiger partial charge in [-0.15, -0.1) is 0 Å². The molecular formula is C22H32N4O3S. The highest BCUT2D eigenvalue weighted by Gasteiger charge is 2.17. The van der Waals surface area contributed by atoms with Crippen molar-refractivity contribution in [3.63, 3.8) is 0 Å². The van der Waals surface area contributed by atoms with E-state index >= 15 is 0 Å². The van der Waals surface area contributed by atoms with Gasteiger partial charge in [0, 0.05) is 45.4 Å². The van der Waals surface area contributed by atoms with Gasteiger partial charge in [0.05, 0.1) is 31.9 Å². The Morgan fingerprint density at radius 2 is 2.07 bits per heavy atom. The Morgan fingerprint density at radius 3 is 2.80 bits per heavy atom. The molecule has 0 aliphatic carbocycles. The largest absolute Gasteiger partial charge is 0.383 e. The van der Waals surface area contributed by atoms with E-state index < -0.39 is 0 Å². The smallest absolute Gasteiger partial charge is 0.253 e. The molecule has 1 fully saturated rings. The first kappa shape index (κ1) is 22.7. The summed E-state index contributed by atoms with van der Waals surface area (Å²) in [4.78, 5) is 20.3. The van der Waals surface area contributed by atoms with Crippen molar-refractivity contribution in [1.82, 2.24) is 20.1 Å². The molecule has 1 saturated heterocycles. The molecule has 0 amide bonds. The molecule has 164 valence electrons. The first-order valence-corrected chi connectivity index (χ1v) is 10.8. The zero-order valence-electron chi connectivity index (χ0n) is 18.1. The van der Waals surface area contributed by atoms with Crippen molar-refractivity contribution in [2.24, 2.45) is 0 Å². The molecule has 0 atom stereocenters. The number of benzene rings is 1. The van der Waals surface area contributed by atoms with Crippen LogP contribution in [0.4, 0.5) is 0 Å². The monoisotopic (exact) mass is 432 g/mol. The molecule has 0 saturated carbocycles. The van der Waals surface area contributed by atoms with Crippen molar-refractivity contribution in [1.29, 1.82) is 0 Å². The molecule has 2 heterocycles. The SMILES string of the molecule is COCCNC(=S)N(CCN1CCOCC1)Cc1cc2cc(C)cc(C)c2[nH]c1=O. The van der Waals surface area contributed by atoms with Gasteiger partial charge in [0.1, 0.15) is 0 Å². The highest BCUT2D eigenvalue weighted by Crippen LogP contribution is 2.18. The van der Waals surface area contributed by atoms with Crippen LogP contribution in [0.25, 0.3) is 10.9 Å². The van der Waals surface area contributed by atoms with E-state index in [1.54, 1.807) is 7.11 Å². The summed E-state index contributed by atoms with van der Waals surface area (Å²) in [5.74, 6) is 0. The lowest BCUT2D eigenvalue weighted by molar-refractivity contribution is 0.0357. The van der Waals surface area contributed by atoms with E-state index in [4.69, 9.17) is 21.7 Å². The topological polar surface area (TPSA) is 69.8 Å². The zero-order chi connectivity index (χ0) is 21.5. The van der Waals surface area contributed by atoms with E-state index in [0.717, 1.165) is 55.9 Å². The third-order valence-electron chi connectivity index (χ3n) is 5.39. The lowest BCUT2D eigenvalue weighted by Gasteiger charge is -2.31. The second kappa shape index (κ2) is 10.9. The lowest BCUT2D eigenvalue weighted by atomic mass is 10.1. The molecule has 1 aliphatic rings. The number of thiocarbonyl (C=S) groups is 1. The molecule has 8 heteroatoms. The Labute approximate surface area is 183 Å². The lowest BCUT2D eigenvalue weighted by Crippen LogP contribution is -2.46. The average Bonchev–Trinajstić information content (AvgIpc) is 2.73. The van der Waals surface area contributed by atoms with E-state index in [1.165, 1.54) is 5.56 Å². The summed E-state index contributed by atoms with van der Waals surface area (Å²) in [6, 6.07) is 6.18. The quantitative estimate of drug-likeness (QED) is 0.487. The number of methoxy groups -OCH3 is 1. The van der Waals surface area contributed by atoms with Crippen molar-refractivity contribution < 1.29 is 9.47 Å².